The van der Waals surface area contributed by atoms with Gasteiger partial charge in [0.25, 0.3) is 11.8 Å². The number of unbranched alkanes of at least 4 members (excludes halogenated alkanes) is 1. The fraction of sp³-hybridized carbons (Fsp3) is 0.364. The van der Waals surface area contributed by atoms with Gasteiger partial charge in [0.1, 0.15) is 5.75 Å². The molecule has 0 radical (unpaired) electrons. The van der Waals surface area contributed by atoms with E-state index in [-0.39, 0.29) is 11.8 Å². The van der Waals surface area contributed by atoms with E-state index >= 15 is 0 Å². The molecule has 0 saturated carbocycles. The lowest BCUT2D eigenvalue weighted by molar-refractivity contribution is 0.0948. The third-order valence-electron chi connectivity index (χ3n) is 4.08. The highest BCUT2D eigenvalue weighted by Crippen LogP contribution is 2.16. The molecule has 6 heteroatoms. The van der Waals surface area contributed by atoms with Gasteiger partial charge < -0.3 is 20.1 Å². The van der Waals surface area contributed by atoms with Gasteiger partial charge in [-0.25, -0.2) is 0 Å². The molecule has 2 amide bonds. The van der Waals surface area contributed by atoms with E-state index in [4.69, 9.17) is 9.47 Å². The Kier molecular flexibility index (Phi) is 9.01. The SMILES string of the molecule is CCCCOc1cccc(C(=O)Nc2ccc(C(=O)NCCCOC)cc2)c1. The summed E-state index contributed by atoms with van der Waals surface area (Å²) >= 11 is 0. The van der Waals surface area contributed by atoms with E-state index in [1.54, 1.807) is 49.6 Å². The first-order valence-electron chi connectivity index (χ1n) is 9.55. The van der Waals surface area contributed by atoms with Crippen LogP contribution in [0.1, 0.15) is 46.9 Å². The summed E-state index contributed by atoms with van der Waals surface area (Å²) in [6.45, 7) is 3.90. The molecule has 0 unspecified atom stereocenters. The number of hydrogen-bond acceptors (Lipinski definition) is 4. The average Bonchev–Trinajstić information content (AvgIpc) is 2.72. The third kappa shape index (κ3) is 7.04. The summed E-state index contributed by atoms with van der Waals surface area (Å²) in [7, 11) is 1.63. The summed E-state index contributed by atoms with van der Waals surface area (Å²) < 4.78 is 10.6. The average molecular weight is 384 g/mol. The summed E-state index contributed by atoms with van der Waals surface area (Å²) in [4.78, 5) is 24.5. The molecule has 28 heavy (non-hydrogen) atoms. The molecule has 2 aromatic carbocycles. The van der Waals surface area contributed by atoms with Crippen molar-refractivity contribution in [3.63, 3.8) is 0 Å². The highest BCUT2D eigenvalue weighted by molar-refractivity contribution is 6.04. The quantitative estimate of drug-likeness (QED) is 0.577. The Balaban J connectivity index is 1.90. The van der Waals surface area contributed by atoms with Crippen LogP contribution in [0, 0.1) is 0 Å². The Morgan fingerprint density at radius 3 is 2.43 bits per heavy atom. The number of carbonyl (C=O) groups is 2. The van der Waals surface area contributed by atoms with E-state index in [0.29, 0.717) is 42.3 Å². The van der Waals surface area contributed by atoms with Crippen LogP contribution in [0.2, 0.25) is 0 Å². The molecular weight excluding hydrogens is 356 g/mol. The Bertz CT molecular complexity index is 759. The number of rotatable bonds is 11. The molecule has 150 valence electrons. The Labute approximate surface area is 166 Å². The zero-order valence-corrected chi connectivity index (χ0v) is 16.5. The molecule has 0 fully saturated rings. The lowest BCUT2D eigenvalue weighted by Crippen LogP contribution is -2.25. The van der Waals surface area contributed by atoms with Crippen LogP contribution in [0.15, 0.2) is 48.5 Å². The molecule has 0 aliphatic heterocycles. The molecule has 0 heterocycles. The molecule has 0 spiro atoms. The zero-order chi connectivity index (χ0) is 20.2. The number of carbonyl (C=O) groups excluding carboxylic acids is 2. The van der Waals surface area contributed by atoms with Gasteiger partial charge in [-0.1, -0.05) is 19.4 Å². The summed E-state index contributed by atoms with van der Waals surface area (Å²) in [6.07, 6.45) is 2.79. The lowest BCUT2D eigenvalue weighted by atomic mass is 10.1. The molecule has 0 aromatic heterocycles. The summed E-state index contributed by atoms with van der Waals surface area (Å²) in [5.41, 5.74) is 1.69. The van der Waals surface area contributed by atoms with Crippen molar-refractivity contribution in [3.8, 4) is 5.75 Å². The molecule has 0 aliphatic carbocycles. The van der Waals surface area contributed by atoms with Gasteiger partial charge in [-0.15, -0.1) is 0 Å². The summed E-state index contributed by atoms with van der Waals surface area (Å²) in [5.74, 6) is 0.310. The number of nitrogens with one attached hydrogen (secondary N) is 2. The number of amides is 2. The molecule has 0 bridgehead atoms. The number of hydrogen-bond donors (Lipinski definition) is 2. The van der Waals surface area contributed by atoms with Crippen molar-refractivity contribution < 1.29 is 19.1 Å². The smallest absolute Gasteiger partial charge is 0.255 e. The summed E-state index contributed by atoms with van der Waals surface area (Å²) in [5, 5.41) is 5.66. The Hall–Kier alpha value is -2.86. The highest BCUT2D eigenvalue weighted by atomic mass is 16.5. The van der Waals surface area contributed by atoms with Crippen molar-refractivity contribution >= 4 is 17.5 Å². The number of methoxy groups -OCH3 is 1. The second-order valence-corrected chi connectivity index (χ2v) is 6.36. The molecule has 2 aromatic rings. The minimum atomic E-state index is -0.224. The lowest BCUT2D eigenvalue weighted by Gasteiger charge is -2.09. The van der Waals surface area contributed by atoms with Crippen molar-refractivity contribution in [1.82, 2.24) is 5.32 Å². The first-order chi connectivity index (χ1) is 13.6. The van der Waals surface area contributed by atoms with Gasteiger partial charge in [-0.05, 0) is 55.3 Å². The topological polar surface area (TPSA) is 76.7 Å². The molecular formula is C22H28N2O4. The van der Waals surface area contributed by atoms with Gasteiger partial charge in [-0.3, -0.25) is 9.59 Å². The maximum absolute atomic E-state index is 12.5. The van der Waals surface area contributed by atoms with Gasteiger partial charge in [0.15, 0.2) is 0 Å². The monoisotopic (exact) mass is 384 g/mol. The molecule has 0 atom stereocenters. The van der Waals surface area contributed by atoms with Gasteiger partial charge in [0, 0.05) is 37.1 Å². The minimum Gasteiger partial charge on any atom is -0.494 e. The second-order valence-electron chi connectivity index (χ2n) is 6.36. The first-order valence-corrected chi connectivity index (χ1v) is 9.55. The van der Waals surface area contributed by atoms with Crippen LogP contribution in [0.5, 0.6) is 5.75 Å². The Morgan fingerprint density at radius 1 is 0.929 bits per heavy atom. The van der Waals surface area contributed by atoms with Crippen molar-refractivity contribution in [2.75, 3.05) is 32.2 Å². The van der Waals surface area contributed by atoms with E-state index < -0.39 is 0 Å². The molecule has 6 nitrogen and oxygen atoms in total. The highest BCUT2D eigenvalue weighted by Gasteiger charge is 2.09. The number of benzene rings is 2. The van der Waals surface area contributed by atoms with Crippen LogP contribution in [0.25, 0.3) is 0 Å². The van der Waals surface area contributed by atoms with Gasteiger partial charge in [0.2, 0.25) is 0 Å². The molecule has 2 N–H and O–H groups in total. The van der Waals surface area contributed by atoms with E-state index in [1.807, 2.05) is 6.07 Å². The van der Waals surface area contributed by atoms with Crippen LogP contribution in [-0.4, -0.2) is 38.7 Å². The van der Waals surface area contributed by atoms with Gasteiger partial charge in [0.05, 0.1) is 6.61 Å². The standard InChI is InChI=1S/C22H28N2O4/c1-3-4-15-28-20-8-5-7-18(16-20)22(26)24-19-11-9-17(10-12-19)21(25)23-13-6-14-27-2/h5,7-12,16H,3-4,6,13-15H2,1-2H3,(H,23,25)(H,24,26). The first kappa shape index (κ1) is 21.4. The van der Waals surface area contributed by atoms with Crippen LogP contribution < -0.4 is 15.4 Å². The van der Waals surface area contributed by atoms with Crippen LogP contribution in [0.4, 0.5) is 5.69 Å². The molecule has 0 aliphatic rings. The zero-order valence-electron chi connectivity index (χ0n) is 16.5. The maximum Gasteiger partial charge on any atom is 0.255 e. The molecule has 0 saturated heterocycles. The van der Waals surface area contributed by atoms with Gasteiger partial charge in [-0.2, -0.15) is 0 Å². The van der Waals surface area contributed by atoms with Crippen LogP contribution in [-0.2, 0) is 4.74 Å². The minimum absolute atomic E-state index is 0.147. The fourth-order valence-electron chi connectivity index (χ4n) is 2.49. The van der Waals surface area contributed by atoms with E-state index in [2.05, 4.69) is 17.6 Å². The van der Waals surface area contributed by atoms with Gasteiger partial charge >= 0.3 is 0 Å². The predicted octanol–water partition coefficient (Wildman–Crippen LogP) is 3.88. The number of anilines is 1. The van der Waals surface area contributed by atoms with Crippen LogP contribution in [0.3, 0.4) is 0 Å². The van der Waals surface area contributed by atoms with E-state index in [1.165, 1.54) is 0 Å². The predicted molar refractivity (Wildman–Crippen MR) is 110 cm³/mol. The summed E-state index contributed by atoms with van der Waals surface area (Å²) in [6, 6.07) is 13.9. The van der Waals surface area contributed by atoms with E-state index in [0.717, 1.165) is 19.3 Å². The van der Waals surface area contributed by atoms with Crippen LogP contribution >= 0.6 is 0 Å². The third-order valence-corrected chi connectivity index (χ3v) is 4.08. The largest absolute Gasteiger partial charge is 0.494 e. The normalized spacial score (nSPS) is 10.4. The Morgan fingerprint density at radius 2 is 1.71 bits per heavy atom. The maximum atomic E-state index is 12.5. The number of ether oxygens (including phenoxy) is 2. The van der Waals surface area contributed by atoms with Crippen molar-refractivity contribution in [2.24, 2.45) is 0 Å². The van der Waals surface area contributed by atoms with Crippen molar-refractivity contribution in [2.45, 2.75) is 26.2 Å². The van der Waals surface area contributed by atoms with Crippen molar-refractivity contribution in [1.29, 1.82) is 0 Å². The second kappa shape index (κ2) is 11.8. The molecule has 2 rings (SSSR count). The fourth-order valence-corrected chi connectivity index (χ4v) is 2.49. The van der Waals surface area contributed by atoms with Crippen molar-refractivity contribution in [3.05, 3.63) is 59.7 Å². The van der Waals surface area contributed by atoms with E-state index in [9.17, 15) is 9.59 Å².